The number of anilines is 1. The van der Waals surface area contributed by atoms with Crippen LogP contribution in [0.2, 0.25) is 0 Å². The van der Waals surface area contributed by atoms with E-state index >= 15 is 0 Å². The molecule has 0 saturated carbocycles. The summed E-state index contributed by atoms with van der Waals surface area (Å²) in [4.78, 5) is 12.5. The van der Waals surface area contributed by atoms with Crippen molar-refractivity contribution < 1.29 is 14.3 Å². The molecule has 0 fully saturated rings. The third kappa shape index (κ3) is 5.99. The zero-order valence-electron chi connectivity index (χ0n) is 15.0. The van der Waals surface area contributed by atoms with Crippen LogP contribution in [-0.2, 0) is 4.79 Å². The minimum absolute atomic E-state index is 0.180. The summed E-state index contributed by atoms with van der Waals surface area (Å²) in [5.41, 5.74) is 2.71. The van der Waals surface area contributed by atoms with E-state index in [2.05, 4.69) is 11.9 Å². The molecule has 0 aliphatic heterocycles. The molecule has 0 saturated heterocycles. The zero-order valence-corrected chi connectivity index (χ0v) is 15.0. The second kappa shape index (κ2) is 8.92. The van der Waals surface area contributed by atoms with Gasteiger partial charge in [-0.05, 0) is 55.7 Å². The van der Waals surface area contributed by atoms with E-state index in [0.717, 1.165) is 11.1 Å². The second-order valence-corrected chi connectivity index (χ2v) is 6.09. The van der Waals surface area contributed by atoms with Crippen LogP contribution in [0.25, 0.3) is 0 Å². The van der Waals surface area contributed by atoms with E-state index in [4.69, 9.17) is 9.47 Å². The lowest BCUT2D eigenvalue weighted by molar-refractivity contribution is -0.122. The lowest BCUT2D eigenvalue weighted by atomic mass is 10.2. The van der Waals surface area contributed by atoms with Crippen LogP contribution in [0, 0.1) is 6.92 Å². The number of aryl methyl sites for hydroxylation is 1. The van der Waals surface area contributed by atoms with Crippen molar-refractivity contribution in [3.8, 4) is 11.5 Å². The predicted molar refractivity (Wildman–Crippen MR) is 101 cm³/mol. The molecule has 0 aliphatic rings. The van der Waals surface area contributed by atoms with Gasteiger partial charge in [-0.15, -0.1) is 0 Å². The van der Waals surface area contributed by atoms with Gasteiger partial charge in [-0.1, -0.05) is 31.7 Å². The number of amides is 1. The fourth-order valence-corrected chi connectivity index (χ4v) is 2.27. The monoisotopic (exact) mass is 339 g/mol. The van der Waals surface area contributed by atoms with E-state index in [9.17, 15) is 4.79 Å². The Kier molecular flexibility index (Phi) is 6.63. The van der Waals surface area contributed by atoms with Crippen LogP contribution in [0.15, 0.2) is 60.7 Å². The van der Waals surface area contributed by atoms with E-state index in [1.807, 2.05) is 63.2 Å². The molecule has 132 valence electrons. The fourth-order valence-electron chi connectivity index (χ4n) is 2.27. The average Bonchev–Trinajstić information content (AvgIpc) is 2.58. The first-order valence-corrected chi connectivity index (χ1v) is 8.39. The predicted octanol–water partition coefficient (Wildman–Crippen LogP) is 4.75. The molecule has 1 amide bonds. The molecule has 0 radical (unpaired) electrons. The highest BCUT2D eigenvalue weighted by Crippen LogP contribution is 2.20. The summed E-state index contributed by atoms with van der Waals surface area (Å²) in [6.07, 6.45) is 0.0211. The third-order valence-electron chi connectivity index (χ3n) is 3.52. The maximum absolute atomic E-state index is 12.5. The number of benzene rings is 2. The Bertz CT molecular complexity index is 739. The minimum Gasteiger partial charge on any atom is -0.489 e. The van der Waals surface area contributed by atoms with Gasteiger partial charge >= 0.3 is 0 Å². The first kappa shape index (κ1) is 18.6. The fraction of sp³-hybridized carbons (Fsp3) is 0.286. The summed E-state index contributed by atoms with van der Waals surface area (Å²) in [7, 11) is 0. The molecular weight excluding hydrogens is 314 g/mol. The number of hydrogen-bond donors (Lipinski definition) is 1. The summed E-state index contributed by atoms with van der Waals surface area (Å²) in [6.45, 7) is 10.1. The van der Waals surface area contributed by atoms with Gasteiger partial charge in [0, 0.05) is 11.8 Å². The molecule has 2 rings (SSSR count). The maximum atomic E-state index is 12.5. The Labute approximate surface area is 149 Å². The number of carbonyl (C=O) groups excluding carboxylic acids is 1. The standard InChI is InChI=1S/C21H25NO3/c1-5-20(25-19-11-6-8-16(4)12-19)21(23)22-17-9-7-10-18(13-17)24-14-15(2)3/h6-13,20H,2,5,14H2,1,3-4H3,(H,22,23). The van der Waals surface area contributed by atoms with Gasteiger partial charge in [0.1, 0.15) is 18.1 Å². The number of hydrogen-bond acceptors (Lipinski definition) is 3. The van der Waals surface area contributed by atoms with Gasteiger partial charge in [0.15, 0.2) is 6.10 Å². The van der Waals surface area contributed by atoms with Crippen molar-refractivity contribution in [2.75, 3.05) is 11.9 Å². The highest BCUT2D eigenvalue weighted by Gasteiger charge is 2.18. The van der Waals surface area contributed by atoms with Gasteiger partial charge in [0.05, 0.1) is 0 Å². The van der Waals surface area contributed by atoms with Gasteiger partial charge in [-0.3, -0.25) is 4.79 Å². The first-order valence-electron chi connectivity index (χ1n) is 8.39. The quantitative estimate of drug-likeness (QED) is 0.706. The largest absolute Gasteiger partial charge is 0.489 e. The maximum Gasteiger partial charge on any atom is 0.265 e. The van der Waals surface area contributed by atoms with Crippen LogP contribution in [0.5, 0.6) is 11.5 Å². The summed E-state index contributed by atoms with van der Waals surface area (Å²) < 4.78 is 11.4. The SMILES string of the molecule is C=C(C)COc1cccc(NC(=O)C(CC)Oc2cccc(C)c2)c1. The van der Waals surface area contributed by atoms with Crippen LogP contribution < -0.4 is 14.8 Å². The summed E-state index contributed by atoms with van der Waals surface area (Å²) in [6, 6.07) is 15.0. The normalized spacial score (nSPS) is 11.5. The van der Waals surface area contributed by atoms with Crippen LogP contribution in [0.3, 0.4) is 0 Å². The number of carbonyl (C=O) groups is 1. The van der Waals surface area contributed by atoms with Crippen LogP contribution >= 0.6 is 0 Å². The molecule has 1 unspecified atom stereocenters. The average molecular weight is 339 g/mol. The van der Waals surface area contributed by atoms with E-state index in [1.165, 1.54) is 0 Å². The Hall–Kier alpha value is -2.75. The van der Waals surface area contributed by atoms with Gasteiger partial charge in [0.25, 0.3) is 5.91 Å². The van der Waals surface area contributed by atoms with Crippen LogP contribution in [0.1, 0.15) is 25.8 Å². The van der Waals surface area contributed by atoms with Crippen molar-refractivity contribution in [3.63, 3.8) is 0 Å². The Morgan fingerprint density at radius 3 is 2.56 bits per heavy atom. The molecule has 4 nitrogen and oxygen atoms in total. The molecule has 4 heteroatoms. The molecule has 0 spiro atoms. The molecule has 0 aromatic heterocycles. The smallest absolute Gasteiger partial charge is 0.265 e. The van der Waals surface area contributed by atoms with Crippen molar-refractivity contribution in [3.05, 3.63) is 66.2 Å². The highest BCUT2D eigenvalue weighted by atomic mass is 16.5. The molecule has 2 aromatic carbocycles. The van der Waals surface area contributed by atoms with E-state index < -0.39 is 6.10 Å². The summed E-state index contributed by atoms with van der Waals surface area (Å²) >= 11 is 0. The van der Waals surface area contributed by atoms with Crippen molar-refractivity contribution in [1.29, 1.82) is 0 Å². The van der Waals surface area contributed by atoms with Crippen molar-refractivity contribution in [2.24, 2.45) is 0 Å². The highest BCUT2D eigenvalue weighted by molar-refractivity contribution is 5.94. The second-order valence-electron chi connectivity index (χ2n) is 6.09. The lowest BCUT2D eigenvalue weighted by Gasteiger charge is -2.18. The number of rotatable bonds is 8. The van der Waals surface area contributed by atoms with E-state index in [-0.39, 0.29) is 5.91 Å². The van der Waals surface area contributed by atoms with Gasteiger partial charge in [-0.2, -0.15) is 0 Å². The molecule has 25 heavy (non-hydrogen) atoms. The lowest BCUT2D eigenvalue weighted by Crippen LogP contribution is -2.32. The molecular formula is C21H25NO3. The number of ether oxygens (including phenoxy) is 2. The summed E-state index contributed by atoms with van der Waals surface area (Å²) in [5, 5.41) is 2.89. The van der Waals surface area contributed by atoms with Crippen LogP contribution in [-0.4, -0.2) is 18.6 Å². The van der Waals surface area contributed by atoms with Crippen molar-refractivity contribution >= 4 is 11.6 Å². The summed E-state index contributed by atoms with van der Waals surface area (Å²) in [5.74, 6) is 1.20. The minimum atomic E-state index is -0.554. The van der Waals surface area contributed by atoms with Crippen LogP contribution in [0.4, 0.5) is 5.69 Å². The molecule has 0 heterocycles. The molecule has 0 aliphatic carbocycles. The first-order chi connectivity index (χ1) is 12.0. The zero-order chi connectivity index (χ0) is 18.2. The Morgan fingerprint density at radius 1 is 1.16 bits per heavy atom. The van der Waals surface area contributed by atoms with Gasteiger partial charge in [0.2, 0.25) is 0 Å². The van der Waals surface area contributed by atoms with Gasteiger partial charge < -0.3 is 14.8 Å². The molecule has 1 atom stereocenters. The molecule has 0 bridgehead atoms. The Balaban J connectivity index is 2.01. The van der Waals surface area contributed by atoms with E-state index in [1.54, 1.807) is 6.07 Å². The third-order valence-corrected chi connectivity index (χ3v) is 3.52. The van der Waals surface area contributed by atoms with Crippen molar-refractivity contribution in [2.45, 2.75) is 33.3 Å². The van der Waals surface area contributed by atoms with Gasteiger partial charge in [-0.25, -0.2) is 0 Å². The van der Waals surface area contributed by atoms with E-state index in [0.29, 0.717) is 30.2 Å². The number of nitrogens with one attached hydrogen (secondary N) is 1. The van der Waals surface area contributed by atoms with Crippen molar-refractivity contribution in [1.82, 2.24) is 0 Å². The topological polar surface area (TPSA) is 47.6 Å². The molecule has 2 aromatic rings. The molecule has 1 N–H and O–H groups in total. The Morgan fingerprint density at radius 2 is 1.88 bits per heavy atom.